The quantitative estimate of drug-likeness (QED) is 0.785. The molecule has 0 N–H and O–H groups in total. The van der Waals surface area contributed by atoms with Gasteiger partial charge in [0.2, 0.25) is 0 Å². The van der Waals surface area contributed by atoms with Gasteiger partial charge in [-0.3, -0.25) is 4.79 Å². The maximum Gasteiger partial charge on any atom is 0.161 e. The van der Waals surface area contributed by atoms with Gasteiger partial charge in [-0.25, -0.2) is 0 Å². The Bertz CT molecular complexity index is 656. The van der Waals surface area contributed by atoms with E-state index in [9.17, 15) is 10.1 Å². The predicted molar refractivity (Wildman–Crippen MR) is 101 cm³/mol. The summed E-state index contributed by atoms with van der Waals surface area (Å²) in [5.41, 5.74) is 2.32. The van der Waals surface area contributed by atoms with E-state index < -0.39 is 0 Å². The first-order valence-electron chi connectivity index (χ1n) is 9.59. The number of ketones is 1. The van der Waals surface area contributed by atoms with Crippen LogP contribution in [0.25, 0.3) is 0 Å². The second-order valence-electron chi connectivity index (χ2n) is 7.84. The zero-order chi connectivity index (χ0) is 17.8. The van der Waals surface area contributed by atoms with E-state index in [0.29, 0.717) is 11.5 Å². The third-order valence-corrected chi connectivity index (χ3v) is 5.76. The smallest absolute Gasteiger partial charge is 0.161 e. The first kappa shape index (κ1) is 17.9. The molecular formula is C21H29N3O. The van der Waals surface area contributed by atoms with Crippen LogP contribution in [0.15, 0.2) is 18.2 Å². The van der Waals surface area contributed by atoms with Gasteiger partial charge in [0.15, 0.2) is 5.78 Å². The number of benzene rings is 1. The summed E-state index contributed by atoms with van der Waals surface area (Å²) in [7, 11) is 0. The molecule has 1 aromatic rings. The van der Waals surface area contributed by atoms with E-state index >= 15 is 0 Å². The SMILES string of the molecule is CC(=O)c1ccc(C#N)cc1N1CCCC(CN2CCC(C)CC2)C1. The first-order chi connectivity index (χ1) is 12.1. The highest BCUT2D eigenvalue weighted by Crippen LogP contribution is 2.29. The Morgan fingerprint density at radius 3 is 2.68 bits per heavy atom. The fraction of sp³-hybridized carbons (Fsp3) is 0.619. The molecule has 2 aliphatic heterocycles. The van der Waals surface area contributed by atoms with Gasteiger partial charge in [0, 0.05) is 30.9 Å². The molecule has 0 radical (unpaired) electrons. The van der Waals surface area contributed by atoms with Crippen LogP contribution < -0.4 is 4.90 Å². The molecule has 1 aromatic carbocycles. The Kier molecular flexibility index (Phi) is 5.75. The minimum Gasteiger partial charge on any atom is -0.371 e. The normalized spacial score (nSPS) is 22.6. The van der Waals surface area contributed by atoms with Crippen molar-refractivity contribution in [2.45, 2.75) is 39.5 Å². The van der Waals surface area contributed by atoms with Crippen molar-refractivity contribution in [3.63, 3.8) is 0 Å². The van der Waals surface area contributed by atoms with Gasteiger partial charge in [-0.2, -0.15) is 5.26 Å². The van der Waals surface area contributed by atoms with Crippen molar-refractivity contribution in [1.29, 1.82) is 5.26 Å². The molecule has 1 unspecified atom stereocenters. The Hall–Kier alpha value is -1.86. The maximum absolute atomic E-state index is 12.0. The number of carbonyl (C=O) groups excluding carboxylic acids is 1. The Morgan fingerprint density at radius 2 is 2.00 bits per heavy atom. The summed E-state index contributed by atoms with van der Waals surface area (Å²) in [6.07, 6.45) is 5.04. The van der Waals surface area contributed by atoms with Crippen molar-refractivity contribution in [3.8, 4) is 6.07 Å². The van der Waals surface area contributed by atoms with Crippen molar-refractivity contribution in [2.24, 2.45) is 11.8 Å². The maximum atomic E-state index is 12.0. The van der Waals surface area contributed by atoms with E-state index in [1.807, 2.05) is 12.1 Å². The van der Waals surface area contributed by atoms with Gasteiger partial charge in [-0.1, -0.05) is 6.92 Å². The molecule has 2 heterocycles. The molecule has 2 fully saturated rings. The molecule has 3 rings (SSSR count). The van der Waals surface area contributed by atoms with Crippen molar-refractivity contribution in [1.82, 2.24) is 4.90 Å². The molecule has 2 saturated heterocycles. The standard InChI is InChI=1S/C21H29N3O/c1-16-7-10-23(11-8-16)14-19-4-3-9-24(15-19)21-12-18(13-22)5-6-20(21)17(2)25/h5-6,12,16,19H,3-4,7-11,14-15H2,1-2H3. The van der Waals surface area contributed by atoms with Crippen LogP contribution in [0.4, 0.5) is 5.69 Å². The summed E-state index contributed by atoms with van der Waals surface area (Å²) >= 11 is 0. The van der Waals surface area contributed by atoms with E-state index in [1.54, 1.807) is 13.0 Å². The van der Waals surface area contributed by atoms with Gasteiger partial charge >= 0.3 is 0 Å². The van der Waals surface area contributed by atoms with Crippen molar-refractivity contribution in [3.05, 3.63) is 29.3 Å². The second kappa shape index (κ2) is 8.01. The number of nitriles is 1. The third kappa shape index (κ3) is 4.41. The molecule has 0 saturated carbocycles. The fourth-order valence-corrected chi connectivity index (χ4v) is 4.20. The molecular weight excluding hydrogens is 310 g/mol. The van der Waals surface area contributed by atoms with Crippen LogP contribution in [-0.2, 0) is 0 Å². The molecule has 4 heteroatoms. The molecule has 2 aliphatic rings. The number of hydrogen-bond donors (Lipinski definition) is 0. The minimum atomic E-state index is 0.0756. The van der Waals surface area contributed by atoms with Crippen LogP contribution in [0.1, 0.15) is 55.5 Å². The lowest BCUT2D eigenvalue weighted by Gasteiger charge is -2.39. The number of Topliss-reactive ketones (excluding diaryl/α,β-unsaturated/α-hetero) is 1. The Labute approximate surface area is 151 Å². The largest absolute Gasteiger partial charge is 0.371 e. The van der Waals surface area contributed by atoms with E-state index in [2.05, 4.69) is 22.8 Å². The van der Waals surface area contributed by atoms with Crippen molar-refractivity contribution >= 4 is 11.5 Å². The van der Waals surface area contributed by atoms with Crippen LogP contribution in [-0.4, -0.2) is 43.4 Å². The average molecular weight is 339 g/mol. The Balaban J connectivity index is 1.71. The number of nitrogens with zero attached hydrogens (tertiary/aromatic N) is 3. The van der Waals surface area contributed by atoms with Crippen LogP contribution in [0, 0.1) is 23.2 Å². The molecule has 0 amide bonds. The fourth-order valence-electron chi connectivity index (χ4n) is 4.20. The number of hydrogen-bond acceptors (Lipinski definition) is 4. The zero-order valence-corrected chi connectivity index (χ0v) is 15.5. The summed E-state index contributed by atoms with van der Waals surface area (Å²) in [5.74, 6) is 1.59. The lowest BCUT2D eigenvalue weighted by Crippen LogP contribution is -2.43. The van der Waals surface area contributed by atoms with Crippen LogP contribution in [0.3, 0.4) is 0 Å². The summed E-state index contributed by atoms with van der Waals surface area (Å²) in [4.78, 5) is 17.0. The number of likely N-dealkylation sites (tertiary alicyclic amines) is 1. The minimum absolute atomic E-state index is 0.0756. The molecule has 4 nitrogen and oxygen atoms in total. The molecule has 0 aliphatic carbocycles. The molecule has 25 heavy (non-hydrogen) atoms. The summed E-state index contributed by atoms with van der Waals surface area (Å²) in [5, 5.41) is 9.22. The number of anilines is 1. The monoisotopic (exact) mass is 339 g/mol. The lowest BCUT2D eigenvalue weighted by atomic mass is 9.93. The van der Waals surface area contributed by atoms with Crippen LogP contribution in [0.5, 0.6) is 0 Å². The highest BCUT2D eigenvalue weighted by Gasteiger charge is 2.26. The van der Waals surface area contributed by atoms with Crippen molar-refractivity contribution < 1.29 is 4.79 Å². The molecule has 134 valence electrons. The summed E-state index contributed by atoms with van der Waals surface area (Å²) < 4.78 is 0. The van der Waals surface area contributed by atoms with E-state index in [0.717, 1.165) is 43.2 Å². The topological polar surface area (TPSA) is 47.3 Å². The number of carbonyl (C=O) groups is 1. The average Bonchev–Trinajstić information content (AvgIpc) is 2.63. The second-order valence-corrected chi connectivity index (χ2v) is 7.84. The lowest BCUT2D eigenvalue weighted by molar-refractivity contribution is 0.101. The van der Waals surface area contributed by atoms with Crippen LogP contribution >= 0.6 is 0 Å². The first-order valence-corrected chi connectivity index (χ1v) is 9.59. The van der Waals surface area contributed by atoms with Gasteiger partial charge < -0.3 is 9.80 Å². The molecule has 0 aromatic heterocycles. The van der Waals surface area contributed by atoms with E-state index in [-0.39, 0.29) is 5.78 Å². The molecule has 0 bridgehead atoms. The van der Waals surface area contributed by atoms with Crippen molar-refractivity contribution in [2.75, 3.05) is 37.6 Å². The van der Waals surface area contributed by atoms with E-state index in [4.69, 9.17) is 0 Å². The van der Waals surface area contributed by atoms with Gasteiger partial charge in [-0.05, 0) is 75.7 Å². The summed E-state index contributed by atoms with van der Waals surface area (Å²) in [6.45, 7) is 9.54. The van der Waals surface area contributed by atoms with Gasteiger partial charge in [0.1, 0.15) is 0 Å². The van der Waals surface area contributed by atoms with Crippen LogP contribution in [0.2, 0.25) is 0 Å². The summed E-state index contributed by atoms with van der Waals surface area (Å²) in [6, 6.07) is 7.66. The van der Waals surface area contributed by atoms with Gasteiger partial charge in [0.05, 0.1) is 11.6 Å². The van der Waals surface area contributed by atoms with E-state index in [1.165, 1.54) is 32.4 Å². The highest BCUT2D eigenvalue weighted by atomic mass is 16.1. The Morgan fingerprint density at radius 1 is 1.24 bits per heavy atom. The predicted octanol–water partition coefficient (Wildman–Crippen LogP) is 3.71. The zero-order valence-electron chi connectivity index (χ0n) is 15.5. The van der Waals surface area contributed by atoms with Gasteiger partial charge in [0.25, 0.3) is 0 Å². The molecule has 1 atom stereocenters. The number of rotatable bonds is 4. The third-order valence-electron chi connectivity index (χ3n) is 5.76. The van der Waals surface area contributed by atoms with Gasteiger partial charge in [-0.15, -0.1) is 0 Å². The number of piperidine rings is 2. The molecule has 0 spiro atoms. The highest BCUT2D eigenvalue weighted by molar-refractivity contribution is 6.00.